The number of carbonyl (C=O) groups is 2. The zero-order chi connectivity index (χ0) is 29.0. The monoisotopic (exact) mass is 653 g/mol. The number of aryl methyl sites for hydroxylation is 1. The summed E-state index contributed by atoms with van der Waals surface area (Å²) in [6.45, 7) is 13.6. The van der Waals surface area contributed by atoms with E-state index in [9.17, 15) is 9.59 Å². The highest BCUT2D eigenvalue weighted by Crippen LogP contribution is 2.54. The van der Waals surface area contributed by atoms with Crippen molar-refractivity contribution >= 4 is 34.2 Å². The van der Waals surface area contributed by atoms with E-state index < -0.39 is 5.92 Å². The van der Waals surface area contributed by atoms with E-state index in [4.69, 9.17) is 9.47 Å². The van der Waals surface area contributed by atoms with Gasteiger partial charge in [-0.05, 0) is 83.4 Å². The number of ether oxygens (including phenoxy) is 2. The maximum Gasteiger partial charge on any atom is 0.174 e. The molecule has 0 unspecified atom stereocenters. The SMILES string of the molecule is CCOc1cc(C2C3=C(CC(C)(C)CC3=O)N(C)C3=C2C(=O)CC(C)(C)C3)cc(I)c1OCc1ccc(C)cc1. The third kappa shape index (κ3) is 5.48. The molecule has 40 heavy (non-hydrogen) atoms. The van der Waals surface area contributed by atoms with E-state index in [1.165, 1.54) is 5.56 Å². The highest BCUT2D eigenvalue weighted by Gasteiger charge is 2.48. The van der Waals surface area contributed by atoms with E-state index in [0.29, 0.717) is 37.6 Å². The van der Waals surface area contributed by atoms with Crippen LogP contribution in [-0.2, 0) is 16.2 Å². The van der Waals surface area contributed by atoms with Crippen LogP contribution in [0.4, 0.5) is 0 Å². The lowest BCUT2D eigenvalue weighted by Gasteiger charge is -2.48. The van der Waals surface area contributed by atoms with Crippen molar-refractivity contribution in [3.63, 3.8) is 0 Å². The van der Waals surface area contributed by atoms with Crippen molar-refractivity contribution in [1.29, 1.82) is 0 Å². The Bertz CT molecular complexity index is 1380. The Hall–Kier alpha value is -2.61. The Morgan fingerprint density at radius 2 is 1.43 bits per heavy atom. The number of hydrogen-bond donors (Lipinski definition) is 0. The molecule has 2 aromatic carbocycles. The molecular weight excluding hydrogens is 613 g/mol. The van der Waals surface area contributed by atoms with Gasteiger partial charge in [-0.2, -0.15) is 0 Å². The maximum atomic E-state index is 13.9. The van der Waals surface area contributed by atoms with Crippen molar-refractivity contribution in [1.82, 2.24) is 4.90 Å². The highest BCUT2D eigenvalue weighted by atomic mass is 127. The first-order valence-corrected chi connectivity index (χ1v) is 15.3. The van der Waals surface area contributed by atoms with Crippen LogP contribution in [0.25, 0.3) is 0 Å². The Morgan fingerprint density at radius 1 is 0.875 bits per heavy atom. The molecule has 0 spiro atoms. The van der Waals surface area contributed by atoms with E-state index in [1.54, 1.807) is 0 Å². The number of carbonyl (C=O) groups excluding carboxylic acids is 2. The van der Waals surface area contributed by atoms with Crippen LogP contribution in [-0.4, -0.2) is 30.1 Å². The number of rotatable bonds is 6. The molecule has 0 radical (unpaired) electrons. The van der Waals surface area contributed by atoms with Crippen molar-refractivity contribution in [3.8, 4) is 11.5 Å². The fourth-order valence-electron chi connectivity index (χ4n) is 6.50. The van der Waals surface area contributed by atoms with Gasteiger partial charge in [-0.3, -0.25) is 9.59 Å². The molecule has 0 fully saturated rings. The molecule has 1 aliphatic heterocycles. The first kappa shape index (κ1) is 28.9. The second kappa shape index (κ2) is 10.7. The van der Waals surface area contributed by atoms with Gasteiger partial charge in [-0.25, -0.2) is 0 Å². The first-order chi connectivity index (χ1) is 18.8. The second-order valence-electron chi connectivity index (χ2n) is 13.1. The standard InChI is InChI=1S/C34H40INO4/c1-8-39-28-14-22(13-23(35)32(28)40-19-21-11-9-20(2)10-12-21)29-30-24(15-33(3,4)17-26(30)37)36(7)25-16-34(5,6)18-27(38)31(25)29/h9-14,29H,8,15-19H2,1-7H3. The van der Waals surface area contributed by atoms with E-state index in [1.807, 2.05) is 20.0 Å². The zero-order valence-corrected chi connectivity index (χ0v) is 26.9. The van der Waals surface area contributed by atoms with Crippen molar-refractivity contribution in [3.05, 3.63) is 79.2 Å². The third-order valence-corrected chi connectivity index (χ3v) is 9.15. The van der Waals surface area contributed by atoms with Crippen LogP contribution in [0.5, 0.6) is 11.5 Å². The minimum atomic E-state index is -0.396. The van der Waals surface area contributed by atoms with Gasteiger partial charge in [0, 0.05) is 48.3 Å². The van der Waals surface area contributed by atoms with Gasteiger partial charge in [0.05, 0.1) is 10.2 Å². The quantitative estimate of drug-likeness (QED) is 0.297. The first-order valence-electron chi connectivity index (χ1n) is 14.2. The molecule has 2 aromatic rings. The summed E-state index contributed by atoms with van der Waals surface area (Å²) in [5, 5.41) is 0. The van der Waals surface area contributed by atoms with E-state index in [-0.39, 0.29) is 22.4 Å². The normalized spacial score (nSPS) is 20.4. The van der Waals surface area contributed by atoms with Gasteiger partial charge >= 0.3 is 0 Å². The molecule has 212 valence electrons. The lowest BCUT2D eigenvalue weighted by Crippen LogP contribution is -2.43. The summed E-state index contributed by atoms with van der Waals surface area (Å²) in [4.78, 5) is 29.9. The van der Waals surface area contributed by atoms with Gasteiger partial charge in [-0.1, -0.05) is 57.5 Å². The smallest absolute Gasteiger partial charge is 0.174 e. The lowest BCUT2D eigenvalue weighted by molar-refractivity contribution is -0.119. The fourth-order valence-corrected chi connectivity index (χ4v) is 7.28. The van der Waals surface area contributed by atoms with Gasteiger partial charge in [-0.15, -0.1) is 0 Å². The number of ketones is 2. The average Bonchev–Trinajstić information content (AvgIpc) is 2.85. The van der Waals surface area contributed by atoms with Crippen LogP contribution in [0.3, 0.4) is 0 Å². The molecule has 0 atom stereocenters. The molecular formula is C34H40INO4. The van der Waals surface area contributed by atoms with Crippen LogP contribution in [0.15, 0.2) is 58.9 Å². The molecule has 5 rings (SSSR count). The average molecular weight is 654 g/mol. The van der Waals surface area contributed by atoms with Crippen LogP contribution < -0.4 is 9.47 Å². The van der Waals surface area contributed by atoms with E-state index >= 15 is 0 Å². The number of halogens is 1. The minimum absolute atomic E-state index is 0.125. The molecule has 0 amide bonds. The summed E-state index contributed by atoms with van der Waals surface area (Å²) < 4.78 is 13.3. The number of nitrogens with zero attached hydrogens (tertiary/aromatic N) is 1. The zero-order valence-electron chi connectivity index (χ0n) is 24.7. The second-order valence-corrected chi connectivity index (χ2v) is 14.3. The van der Waals surface area contributed by atoms with E-state index in [2.05, 4.69) is 92.4 Å². The largest absolute Gasteiger partial charge is 0.490 e. The van der Waals surface area contributed by atoms with Gasteiger partial charge < -0.3 is 14.4 Å². The molecule has 2 aliphatic carbocycles. The topological polar surface area (TPSA) is 55.8 Å². The minimum Gasteiger partial charge on any atom is -0.490 e. The number of hydrogen-bond acceptors (Lipinski definition) is 5. The van der Waals surface area contributed by atoms with Gasteiger partial charge in [0.1, 0.15) is 6.61 Å². The molecule has 0 saturated heterocycles. The fraction of sp³-hybridized carbons (Fsp3) is 0.471. The molecule has 0 aromatic heterocycles. The summed E-state index contributed by atoms with van der Waals surface area (Å²) in [5.41, 5.74) is 6.63. The van der Waals surface area contributed by atoms with Crippen LogP contribution in [0.1, 0.15) is 82.9 Å². The van der Waals surface area contributed by atoms with Crippen molar-refractivity contribution in [2.24, 2.45) is 10.8 Å². The molecule has 1 heterocycles. The Kier molecular flexibility index (Phi) is 7.70. The van der Waals surface area contributed by atoms with Gasteiger partial charge in [0.2, 0.25) is 0 Å². The molecule has 5 nitrogen and oxygen atoms in total. The van der Waals surface area contributed by atoms with Crippen molar-refractivity contribution in [2.45, 2.75) is 79.8 Å². The number of benzene rings is 2. The summed E-state index contributed by atoms with van der Waals surface area (Å²) in [5.74, 6) is 1.22. The number of Topliss-reactive ketones (excluding diaryl/α,β-unsaturated/α-hetero) is 2. The van der Waals surface area contributed by atoms with Crippen LogP contribution >= 0.6 is 22.6 Å². The van der Waals surface area contributed by atoms with E-state index in [0.717, 1.165) is 50.1 Å². The van der Waals surface area contributed by atoms with Crippen LogP contribution in [0, 0.1) is 21.3 Å². The Labute approximate surface area is 252 Å². The molecule has 0 saturated carbocycles. The summed E-state index contributed by atoms with van der Waals surface area (Å²) >= 11 is 2.30. The van der Waals surface area contributed by atoms with Crippen molar-refractivity contribution < 1.29 is 19.1 Å². The predicted molar refractivity (Wildman–Crippen MR) is 166 cm³/mol. The number of allylic oxidation sites excluding steroid dienone is 4. The lowest BCUT2D eigenvalue weighted by atomic mass is 9.64. The molecule has 3 aliphatic rings. The van der Waals surface area contributed by atoms with Gasteiger partial charge in [0.15, 0.2) is 23.1 Å². The molecule has 0 N–H and O–H groups in total. The van der Waals surface area contributed by atoms with Gasteiger partial charge in [0.25, 0.3) is 0 Å². The Balaban J connectivity index is 1.63. The predicted octanol–water partition coefficient (Wildman–Crippen LogP) is 7.89. The molecule has 6 heteroatoms. The highest BCUT2D eigenvalue weighted by molar-refractivity contribution is 14.1. The summed E-state index contributed by atoms with van der Waals surface area (Å²) in [6.07, 6.45) is 2.57. The summed E-state index contributed by atoms with van der Waals surface area (Å²) in [7, 11) is 2.04. The Morgan fingerprint density at radius 3 is 1.95 bits per heavy atom. The van der Waals surface area contributed by atoms with Crippen molar-refractivity contribution in [2.75, 3.05) is 13.7 Å². The summed E-state index contributed by atoms with van der Waals surface area (Å²) in [6, 6.07) is 12.4. The van der Waals surface area contributed by atoms with Crippen LogP contribution in [0.2, 0.25) is 0 Å². The third-order valence-electron chi connectivity index (χ3n) is 8.35. The maximum absolute atomic E-state index is 13.9. The molecule has 0 bridgehead atoms.